The third-order valence-corrected chi connectivity index (χ3v) is 5.94. The highest BCUT2D eigenvalue weighted by atomic mass is 32.2. The molecule has 0 bridgehead atoms. The first-order chi connectivity index (χ1) is 16.0. The molecule has 0 aliphatic heterocycles. The number of amides is 1. The molecule has 0 atom stereocenters. The molecule has 0 unspecified atom stereocenters. The Morgan fingerprint density at radius 2 is 1.82 bits per heavy atom. The second-order valence-electron chi connectivity index (χ2n) is 7.18. The maximum atomic E-state index is 12.3. The molecule has 174 valence electrons. The standard InChI is InChI=1S/C24H28N4O4S/c1-4-17-10-12-19(13-11-17)32-15-22-26-27-24(28(22)5-2)33-16-18(29)14-23(30)25-20-8-6-7-9-21(20)31-3/h6-13H,4-5,14-16H2,1-3H3,(H,25,30). The van der Waals surface area contributed by atoms with Gasteiger partial charge in [0.15, 0.2) is 16.8 Å². The Balaban J connectivity index is 1.51. The van der Waals surface area contributed by atoms with Gasteiger partial charge in [-0.2, -0.15) is 0 Å². The number of ether oxygens (including phenoxy) is 2. The van der Waals surface area contributed by atoms with E-state index >= 15 is 0 Å². The molecule has 1 heterocycles. The zero-order valence-electron chi connectivity index (χ0n) is 19.0. The average Bonchev–Trinajstić information content (AvgIpc) is 3.23. The number of hydrogen-bond donors (Lipinski definition) is 1. The molecule has 0 radical (unpaired) electrons. The zero-order chi connectivity index (χ0) is 23.6. The number of benzene rings is 2. The van der Waals surface area contributed by atoms with Crippen molar-refractivity contribution in [3.8, 4) is 11.5 Å². The van der Waals surface area contributed by atoms with E-state index in [1.807, 2.05) is 41.8 Å². The number of hydrogen-bond acceptors (Lipinski definition) is 7. The SMILES string of the molecule is CCc1ccc(OCc2nnc(SCC(=O)CC(=O)Nc3ccccc3OC)n2CC)cc1. The predicted octanol–water partition coefficient (Wildman–Crippen LogP) is 4.14. The van der Waals surface area contributed by atoms with Crippen molar-refractivity contribution in [1.82, 2.24) is 14.8 Å². The van der Waals surface area contributed by atoms with Crippen LogP contribution in [-0.4, -0.2) is 39.3 Å². The summed E-state index contributed by atoms with van der Waals surface area (Å²) in [4.78, 5) is 24.6. The number of nitrogens with one attached hydrogen (secondary N) is 1. The second-order valence-corrected chi connectivity index (χ2v) is 8.12. The van der Waals surface area contributed by atoms with Gasteiger partial charge in [-0.05, 0) is 43.2 Å². The molecule has 0 aliphatic rings. The van der Waals surface area contributed by atoms with Gasteiger partial charge >= 0.3 is 0 Å². The fraction of sp³-hybridized carbons (Fsp3) is 0.333. The van der Waals surface area contributed by atoms with Crippen LogP contribution < -0.4 is 14.8 Å². The summed E-state index contributed by atoms with van der Waals surface area (Å²) in [5.74, 6) is 1.53. The van der Waals surface area contributed by atoms with Crippen LogP contribution in [0.25, 0.3) is 0 Å². The number of methoxy groups -OCH3 is 1. The molecular formula is C24H28N4O4S. The number of carbonyl (C=O) groups excluding carboxylic acids is 2. The van der Waals surface area contributed by atoms with Crippen molar-refractivity contribution in [2.75, 3.05) is 18.2 Å². The molecule has 9 heteroatoms. The van der Waals surface area contributed by atoms with Crippen LogP contribution in [0.2, 0.25) is 0 Å². The van der Waals surface area contributed by atoms with Crippen molar-refractivity contribution in [1.29, 1.82) is 0 Å². The summed E-state index contributed by atoms with van der Waals surface area (Å²) in [6, 6.07) is 15.0. The predicted molar refractivity (Wildman–Crippen MR) is 128 cm³/mol. The number of para-hydroxylation sites is 2. The van der Waals surface area contributed by atoms with Gasteiger partial charge in [0.05, 0.1) is 25.0 Å². The minimum absolute atomic E-state index is 0.122. The minimum atomic E-state index is -0.384. The second kappa shape index (κ2) is 12.1. The van der Waals surface area contributed by atoms with Crippen molar-refractivity contribution in [2.24, 2.45) is 0 Å². The third kappa shape index (κ3) is 6.82. The van der Waals surface area contributed by atoms with Crippen molar-refractivity contribution in [2.45, 2.75) is 45.0 Å². The Hall–Kier alpha value is -3.33. The summed E-state index contributed by atoms with van der Waals surface area (Å²) in [7, 11) is 1.53. The molecule has 3 aromatic rings. The lowest BCUT2D eigenvalue weighted by Gasteiger charge is -2.10. The van der Waals surface area contributed by atoms with E-state index in [0.29, 0.717) is 29.0 Å². The van der Waals surface area contributed by atoms with Crippen LogP contribution >= 0.6 is 11.8 Å². The normalized spacial score (nSPS) is 10.6. The van der Waals surface area contributed by atoms with E-state index in [1.165, 1.54) is 24.4 Å². The van der Waals surface area contributed by atoms with E-state index in [2.05, 4.69) is 22.4 Å². The van der Waals surface area contributed by atoms with Crippen LogP contribution in [0.1, 0.15) is 31.7 Å². The maximum absolute atomic E-state index is 12.3. The van der Waals surface area contributed by atoms with Gasteiger partial charge < -0.3 is 19.4 Å². The summed E-state index contributed by atoms with van der Waals surface area (Å²) in [5.41, 5.74) is 1.78. The molecule has 2 aromatic carbocycles. The van der Waals surface area contributed by atoms with Gasteiger partial charge in [0.2, 0.25) is 5.91 Å². The Bertz CT molecular complexity index is 1080. The van der Waals surface area contributed by atoms with E-state index in [0.717, 1.165) is 12.2 Å². The fourth-order valence-corrected chi connectivity index (χ4v) is 4.02. The quantitative estimate of drug-likeness (QED) is 0.315. The molecule has 0 saturated heterocycles. The highest BCUT2D eigenvalue weighted by Crippen LogP contribution is 2.23. The summed E-state index contributed by atoms with van der Waals surface area (Å²) < 4.78 is 13.0. The number of carbonyl (C=O) groups is 2. The fourth-order valence-electron chi connectivity index (χ4n) is 3.14. The Morgan fingerprint density at radius 1 is 1.06 bits per heavy atom. The van der Waals surface area contributed by atoms with Gasteiger partial charge in [-0.1, -0.05) is 43.0 Å². The van der Waals surface area contributed by atoms with Gasteiger partial charge in [0.25, 0.3) is 0 Å². The Kier molecular flexibility index (Phi) is 8.88. The van der Waals surface area contributed by atoms with E-state index in [4.69, 9.17) is 9.47 Å². The number of rotatable bonds is 12. The topological polar surface area (TPSA) is 95.3 Å². The molecule has 8 nitrogen and oxygen atoms in total. The van der Waals surface area contributed by atoms with Crippen LogP contribution in [0.3, 0.4) is 0 Å². The highest BCUT2D eigenvalue weighted by Gasteiger charge is 2.16. The molecule has 0 saturated carbocycles. The molecule has 0 fully saturated rings. The monoisotopic (exact) mass is 468 g/mol. The number of anilines is 1. The van der Waals surface area contributed by atoms with Crippen LogP contribution in [0.4, 0.5) is 5.69 Å². The van der Waals surface area contributed by atoms with E-state index in [9.17, 15) is 9.59 Å². The molecule has 0 spiro atoms. The number of aryl methyl sites for hydroxylation is 1. The number of Topliss-reactive ketones (excluding diaryl/α,β-unsaturated/α-hetero) is 1. The van der Waals surface area contributed by atoms with Gasteiger partial charge in [0, 0.05) is 6.54 Å². The summed E-state index contributed by atoms with van der Waals surface area (Å²) in [6.45, 7) is 5.01. The number of aromatic nitrogens is 3. The lowest BCUT2D eigenvalue weighted by atomic mass is 10.2. The number of nitrogens with zero attached hydrogens (tertiary/aromatic N) is 3. The van der Waals surface area contributed by atoms with E-state index in [1.54, 1.807) is 18.2 Å². The smallest absolute Gasteiger partial charge is 0.231 e. The largest absolute Gasteiger partial charge is 0.495 e. The molecule has 0 aliphatic carbocycles. The first kappa shape index (κ1) is 24.3. The molecule has 1 amide bonds. The maximum Gasteiger partial charge on any atom is 0.231 e. The van der Waals surface area contributed by atoms with Crippen LogP contribution in [-0.2, 0) is 29.2 Å². The van der Waals surface area contributed by atoms with Crippen LogP contribution in [0, 0.1) is 0 Å². The van der Waals surface area contributed by atoms with Crippen molar-refractivity contribution in [3.63, 3.8) is 0 Å². The lowest BCUT2D eigenvalue weighted by molar-refractivity contribution is -0.123. The van der Waals surface area contributed by atoms with Gasteiger partial charge in [-0.25, -0.2) is 0 Å². The zero-order valence-corrected chi connectivity index (χ0v) is 19.9. The average molecular weight is 469 g/mol. The first-order valence-corrected chi connectivity index (χ1v) is 11.7. The minimum Gasteiger partial charge on any atom is -0.495 e. The lowest BCUT2D eigenvalue weighted by Crippen LogP contribution is -2.18. The van der Waals surface area contributed by atoms with Crippen molar-refractivity contribution in [3.05, 3.63) is 59.9 Å². The number of ketones is 1. The van der Waals surface area contributed by atoms with Crippen LogP contribution in [0.5, 0.6) is 11.5 Å². The van der Waals surface area contributed by atoms with Crippen LogP contribution in [0.15, 0.2) is 53.7 Å². The summed E-state index contributed by atoms with van der Waals surface area (Å²) in [6.07, 6.45) is 0.751. The number of thioether (sulfide) groups is 1. The summed E-state index contributed by atoms with van der Waals surface area (Å²) in [5, 5.41) is 11.7. The molecule has 3 rings (SSSR count). The molecule has 1 N–H and O–H groups in total. The first-order valence-electron chi connectivity index (χ1n) is 10.7. The van der Waals surface area contributed by atoms with Gasteiger partial charge in [-0.3, -0.25) is 9.59 Å². The highest BCUT2D eigenvalue weighted by molar-refractivity contribution is 7.99. The van der Waals surface area contributed by atoms with Crippen molar-refractivity contribution >= 4 is 29.1 Å². The van der Waals surface area contributed by atoms with E-state index in [-0.39, 0.29) is 30.5 Å². The molecular weight excluding hydrogens is 440 g/mol. The van der Waals surface area contributed by atoms with Crippen molar-refractivity contribution < 1.29 is 19.1 Å². The third-order valence-electron chi connectivity index (χ3n) is 4.91. The van der Waals surface area contributed by atoms with E-state index < -0.39 is 0 Å². The van der Waals surface area contributed by atoms with Gasteiger partial charge in [0.1, 0.15) is 18.1 Å². The molecule has 33 heavy (non-hydrogen) atoms. The van der Waals surface area contributed by atoms with Gasteiger partial charge in [-0.15, -0.1) is 10.2 Å². The molecule has 1 aromatic heterocycles. The Morgan fingerprint density at radius 3 is 2.52 bits per heavy atom. The Labute approximate surface area is 197 Å². The summed E-state index contributed by atoms with van der Waals surface area (Å²) >= 11 is 1.26.